The molecule has 1 aromatic heterocycles. The topological polar surface area (TPSA) is 88.8 Å². The Morgan fingerprint density at radius 3 is 2.64 bits per heavy atom. The van der Waals surface area contributed by atoms with Crippen LogP contribution in [0.3, 0.4) is 0 Å². The normalized spacial score (nSPS) is 11.6. The van der Waals surface area contributed by atoms with Gasteiger partial charge in [0.05, 0.1) is 11.5 Å². The fraction of sp³-hybridized carbons (Fsp3) is 0.438. The summed E-state index contributed by atoms with van der Waals surface area (Å²) in [5, 5.41) is 3.50. The van der Waals surface area contributed by atoms with Crippen LogP contribution in [0.5, 0.6) is 0 Å². The molecule has 2 aromatic rings. The number of likely N-dealkylation sites (N-methyl/N-ethyl adjacent to an activating group) is 2. The minimum atomic E-state index is -3.61. The van der Waals surface area contributed by atoms with Gasteiger partial charge in [-0.3, -0.25) is 0 Å². The van der Waals surface area contributed by atoms with E-state index in [9.17, 15) is 13.2 Å². The molecule has 9 heteroatoms. The van der Waals surface area contributed by atoms with Gasteiger partial charge < -0.3 is 14.5 Å². The van der Waals surface area contributed by atoms with E-state index in [2.05, 4.69) is 5.32 Å². The summed E-state index contributed by atoms with van der Waals surface area (Å²) in [4.78, 5) is 12.1. The van der Waals surface area contributed by atoms with Crippen LogP contribution in [0.25, 0.3) is 11.0 Å². The van der Waals surface area contributed by atoms with E-state index in [1.165, 1.54) is 23.5 Å². The van der Waals surface area contributed by atoms with Gasteiger partial charge in [-0.15, -0.1) is 12.4 Å². The Morgan fingerprint density at radius 2 is 2.04 bits per heavy atom. The summed E-state index contributed by atoms with van der Waals surface area (Å²) in [6, 6.07) is 4.57. The molecule has 1 heterocycles. The number of furan rings is 1. The smallest absolute Gasteiger partial charge is 0.374 e. The molecular weight excluding hydrogens is 368 g/mol. The quantitative estimate of drug-likeness (QED) is 0.729. The lowest BCUT2D eigenvalue weighted by atomic mass is 10.1. The Balaban J connectivity index is 0.00000312. The number of sulfonamides is 1. The number of hydrogen-bond acceptors (Lipinski definition) is 6. The molecule has 2 rings (SSSR count). The number of benzene rings is 1. The number of carbonyl (C=O) groups is 1. The van der Waals surface area contributed by atoms with Crippen molar-refractivity contribution in [2.24, 2.45) is 0 Å². The van der Waals surface area contributed by atoms with Crippen molar-refractivity contribution in [3.63, 3.8) is 0 Å². The standard InChI is InChI=1S/C16H22N2O5S.ClH/c1-5-22-16(19)15-11(2)13-10-12(6-7-14(13)23-15)24(20,21)18(4)9-8-17-3;/h6-7,10,17H,5,8-9H2,1-4H3;1H. The Kier molecular flexibility index (Phi) is 7.43. The fourth-order valence-corrected chi connectivity index (χ4v) is 3.52. The zero-order chi connectivity index (χ0) is 17.9. The van der Waals surface area contributed by atoms with Crippen LogP contribution in [0.2, 0.25) is 0 Å². The van der Waals surface area contributed by atoms with Crippen molar-refractivity contribution in [3.8, 4) is 0 Å². The lowest BCUT2D eigenvalue weighted by Gasteiger charge is -2.16. The number of hydrogen-bond donors (Lipinski definition) is 1. The summed E-state index contributed by atoms with van der Waals surface area (Å²) < 4.78 is 37.0. The summed E-state index contributed by atoms with van der Waals surface area (Å²) in [6.45, 7) is 4.57. The molecule has 7 nitrogen and oxygen atoms in total. The van der Waals surface area contributed by atoms with Crippen LogP contribution in [0.15, 0.2) is 27.5 Å². The molecule has 25 heavy (non-hydrogen) atoms. The predicted octanol–water partition coefficient (Wildman–Crippen LogP) is 2.18. The number of nitrogens with one attached hydrogen (secondary N) is 1. The van der Waals surface area contributed by atoms with Crippen LogP contribution >= 0.6 is 12.4 Å². The molecule has 0 aliphatic carbocycles. The van der Waals surface area contributed by atoms with Crippen molar-refractivity contribution < 1.29 is 22.4 Å². The monoisotopic (exact) mass is 390 g/mol. The van der Waals surface area contributed by atoms with Crippen molar-refractivity contribution in [1.82, 2.24) is 9.62 Å². The predicted molar refractivity (Wildman–Crippen MR) is 97.9 cm³/mol. The van der Waals surface area contributed by atoms with Crippen LogP contribution in [-0.2, 0) is 14.8 Å². The number of halogens is 1. The van der Waals surface area contributed by atoms with Gasteiger partial charge >= 0.3 is 5.97 Å². The molecule has 0 aliphatic rings. The van der Waals surface area contributed by atoms with E-state index in [1.807, 2.05) is 0 Å². The summed E-state index contributed by atoms with van der Waals surface area (Å²) in [7, 11) is -0.312. The Bertz CT molecular complexity index is 848. The molecule has 0 saturated carbocycles. The van der Waals surface area contributed by atoms with Gasteiger partial charge in [0.2, 0.25) is 15.8 Å². The lowest BCUT2D eigenvalue weighted by Crippen LogP contribution is -2.32. The molecule has 0 radical (unpaired) electrons. The van der Waals surface area contributed by atoms with Gasteiger partial charge in [-0.25, -0.2) is 13.2 Å². The maximum atomic E-state index is 12.6. The average Bonchev–Trinajstić information content (AvgIpc) is 2.89. The second-order valence-electron chi connectivity index (χ2n) is 5.36. The summed E-state index contributed by atoms with van der Waals surface area (Å²) >= 11 is 0. The Hall–Kier alpha value is -1.61. The van der Waals surface area contributed by atoms with E-state index in [-0.39, 0.29) is 29.7 Å². The van der Waals surface area contributed by atoms with E-state index in [1.54, 1.807) is 27.0 Å². The molecule has 0 saturated heterocycles. The third-order valence-corrected chi connectivity index (χ3v) is 5.61. The first-order valence-electron chi connectivity index (χ1n) is 7.64. The van der Waals surface area contributed by atoms with Gasteiger partial charge in [-0.2, -0.15) is 4.31 Å². The van der Waals surface area contributed by atoms with Crippen LogP contribution < -0.4 is 5.32 Å². The van der Waals surface area contributed by atoms with Crippen LogP contribution in [-0.4, -0.2) is 52.5 Å². The number of aryl methyl sites for hydroxylation is 1. The number of ether oxygens (including phenoxy) is 1. The molecular formula is C16H23ClN2O5S. The average molecular weight is 391 g/mol. The zero-order valence-corrected chi connectivity index (χ0v) is 16.3. The number of rotatable bonds is 7. The number of fused-ring (bicyclic) bond motifs is 1. The largest absolute Gasteiger partial charge is 0.460 e. The van der Waals surface area contributed by atoms with Crippen LogP contribution in [0.1, 0.15) is 23.0 Å². The third-order valence-electron chi connectivity index (χ3n) is 3.75. The first-order chi connectivity index (χ1) is 11.3. The highest BCUT2D eigenvalue weighted by Crippen LogP contribution is 2.29. The van der Waals surface area contributed by atoms with Crippen LogP contribution in [0.4, 0.5) is 0 Å². The summed E-state index contributed by atoms with van der Waals surface area (Å²) in [5.74, 6) is -0.452. The van der Waals surface area contributed by atoms with Crippen molar-refractivity contribution in [3.05, 3.63) is 29.5 Å². The van der Waals surface area contributed by atoms with Crippen LogP contribution in [0, 0.1) is 6.92 Å². The molecule has 0 atom stereocenters. The first kappa shape index (κ1) is 21.4. The van der Waals surface area contributed by atoms with Crippen molar-refractivity contribution in [1.29, 1.82) is 0 Å². The molecule has 1 aromatic carbocycles. The fourth-order valence-electron chi connectivity index (χ4n) is 2.32. The number of carbonyl (C=O) groups excluding carboxylic acids is 1. The van der Waals surface area contributed by atoms with E-state index >= 15 is 0 Å². The summed E-state index contributed by atoms with van der Waals surface area (Å²) in [5.41, 5.74) is 1.02. The van der Waals surface area contributed by atoms with E-state index in [0.717, 1.165) is 0 Å². The minimum absolute atomic E-state index is 0. The molecule has 1 N–H and O–H groups in total. The van der Waals surface area contributed by atoms with Gasteiger partial charge in [-0.05, 0) is 39.1 Å². The molecule has 0 unspecified atom stereocenters. The number of nitrogens with zero attached hydrogens (tertiary/aromatic N) is 1. The zero-order valence-electron chi connectivity index (χ0n) is 14.7. The molecule has 140 valence electrons. The second kappa shape index (κ2) is 8.66. The Morgan fingerprint density at radius 1 is 1.36 bits per heavy atom. The van der Waals surface area contributed by atoms with Crippen molar-refractivity contribution in [2.75, 3.05) is 33.8 Å². The van der Waals surface area contributed by atoms with Gasteiger partial charge in [0.1, 0.15) is 5.58 Å². The number of esters is 1. The maximum Gasteiger partial charge on any atom is 0.374 e. The van der Waals surface area contributed by atoms with Gasteiger partial charge in [0.25, 0.3) is 0 Å². The summed E-state index contributed by atoms with van der Waals surface area (Å²) in [6.07, 6.45) is 0. The Labute approximate surface area is 153 Å². The SMILES string of the molecule is CCOC(=O)c1oc2ccc(S(=O)(=O)N(C)CCNC)cc2c1C.Cl. The lowest BCUT2D eigenvalue weighted by molar-refractivity contribution is 0.0491. The molecule has 0 bridgehead atoms. The van der Waals surface area contributed by atoms with Crippen molar-refractivity contribution in [2.45, 2.75) is 18.7 Å². The van der Waals surface area contributed by atoms with Gasteiger partial charge in [0, 0.05) is 31.1 Å². The third kappa shape index (κ3) is 4.33. The van der Waals surface area contributed by atoms with Crippen molar-refractivity contribution >= 4 is 39.4 Å². The molecule has 0 amide bonds. The molecule has 0 fully saturated rings. The van der Waals surface area contributed by atoms with Gasteiger partial charge in [-0.1, -0.05) is 0 Å². The first-order valence-corrected chi connectivity index (χ1v) is 9.08. The highest BCUT2D eigenvalue weighted by molar-refractivity contribution is 7.89. The van der Waals surface area contributed by atoms with E-state index < -0.39 is 16.0 Å². The minimum Gasteiger partial charge on any atom is -0.460 e. The highest BCUT2D eigenvalue weighted by atomic mass is 35.5. The van der Waals surface area contributed by atoms with Gasteiger partial charge in [0.15, 0.2) is 0 Å². The van der Waals surface area contributed by atoms with E-state index in [4.69, 9.17) is 9.15 Å². The van der Waals surface area contributed by atoms with E-state index in [0.29, 0.717) is 29.6 Å². The highest BCUT2D eigenvalue weighted by Gasteiger charge is 2.24. The second-order valence-corrected chi connectivity index (χ2v) is 7.41. The maximum absolute atomic E-state index is 12.6. The molecule has 0 aliphatic heterocycles. The molecule has 0 spiro atoms.